The summed E-state index contributed by atoms with van der Waals surface area (Å²) in [5.74, 6) is 0.350. The van der Waals surface area contributed by atoms with Gasteiger partial charge in [-0.05, 0) is 78.8 Å². The molecule has 30 heavy (non-hydrogen) atoms. The van der Waals surface area contributed by atoms with Crippen LogP contribution in [0, 0.1) is 3.57 Å². The van der Waals surface area contributed by atoms with E-state index in [2.05, 4.69) is 27.9 Å². The number of carbonyl (C=O) groups is 2. The molecule has 0 aliphatic carbocycles. The molecule has 7 nitrogen and oxygen atoms in total. The summed E-state index contributed by atoms with van der Waals surface area (Å²) in [6, 6.07) is 11.9. The second-order valence-electron chi connectivity index (χ2n) is 7.64. The van der Waals surface area contributed by atoms with Gasteiger partial charge in [-0.2, -0.15) is 0 Å². The molecule has 162 valence electrons. The van der Waals surface area contributed by atoms with Crippen LogP contribution in [0.3, 0.4) is 0 Å². The molecule has 1 atom stereocenters. The first kappa shape index (κ1) is 23.8. The Kier molecular flexibility index (Phi) is 8.33. The topological polar surface area (TPSA) is 94.1 Å². The van der Waals surface area contributed by atoms with Crippen molar-refractivity contribution in [3.63, 3.8) is 0 Å². The molecule has 0 radical (unpaired) electrons. The van der Waals surface area contributed by atoms with Crippen molar-refractivity contribution >= 4 is 34.7 Å². The Morgan fingerprint density at radius 2 is 1.73 bits per heavy atom. The van der Waals surface area contributed by atoms with Gasteiger partial charge in [0, 0.05) is 6.42 Å². The normalized spacial score (nSPS) is 12.0. The summed E-state index contributed by atoms with van der Waals surface area (Å²) in [7, 11) is 1.62. The van der Waals surface area contributed by atoms with E-state index >= 15 is 0 Å². The van der Waals surface area contributed by atoms with Crippen LogP contribution in [0.1, 0.15) is 31.9 Å². The molecular formula is C22H26INO6. The number of benzene rings is 2. The van der Waals surface area contributed by atoms with Crippen molar-refractivity contribution in [3.05, 3.63) is 57.2 Å². The lowest BCUT2D eigenvalue weighted by Crippen LogP contribution is -2.44. The zero-order valence-electron chi connectivity index (χ0n) is 17.4. The van der Waals surface area contributed by atoms with Crippen LogP contribution < -0.4 is 14.8 Å². The lowest BCUT2D eigenvalue weighted by Gasteiger charge is -2.22. The quantitative estimate of drug-likeness (QED) is 0.495. The first-order chi connectivity index (χ1) is 14.1. The average Bonchev–Trinajstić information content (AvgIpc) is 2.65. The van der Waals surface area contributed by atoms with Crippen LogP contribution in [0.15, 0.2) is 42.5 Å². The van der Waals surface area contributed by atoms with E-state index in [-0.39, 0.29) is 6.42 Å². The number of carbonyl (C=O) groups excluding carboxylic acids is 1. The smallest absolute Gasteiger partial charge is 0.408 e. The van der Waals surface area contributed by atoms with Gasteiger partial charge >= 0.3 is 12.1 Å². The van der Waals surface area contributed by atoms with Crippen molar-refractivity contribution in [1.82, 2.24) is 5.32 Å². The molecule has 1 amide bonds. The van der Waals surface area contributed by atoms with Gasteiger partial charge in [0.1, 0.15) is 29.7 Å². The molecular weight excluding hydrogens is 501 g/mol. The molecule has 0 saturated carbocycles. The number of rotatable bonds is 8. The zero-order chi connectivity index (χ0) is 22.3. The SMILES string of the molecule is COc1ccc(COc2ccc(C[C@H](NC(=O)OC(C)(C)C)C(=O)O)cc2I)cc1. The minimum Gasteiger partial charge on any atom is -0.497 e. The third-order valence-electron chi connectivity index (χ3n) is 3.98. The molecule has 8 heteroatoms. The van der Waals surface area contributed by atoms with Gasteiger partial charge in [0.15, 0.2) is 0 Å². The first-order valence-electron chi connectivity index (χ1n) is 9.34. The minimum absolute atomic E-state index is 0.128. The first-order valence-corrected chi connectivity index (χ1v) is 10.4. The van der Waals surface area contributed by atoms with E-state index in [0.717, 1.165) is 20.4 Å². The van der Waals surface area contributed by atoms with Crippen molar-refractivity contribution in [3.8, 4) is 11.5 Å². The molecule has 0 fully saturated rings. The number of nitrogens with one attached hydrogen (secondary N) is 1. The van der Waals surface area contributed by atoms with Crippen molar-refractivity contribution in [2.24, 2.45) is 0 Å². The Labute approximate surface area is 189 Å². The van der Waals surface area contributed by atoms with E-state index in [4.69, 9.17) is 14.2 Å². The fourth-order valence-corrected chi connectivity index (χ4v) is 3.29. The van der Waals surface area contributed by atoms with E-state index in [9.17, 15) is 14.7 Å². The minimum atomic E-state index is -1.13. The van der Waals surface area contributed by atoms with Crippen LogP contribution >= 0.6 is 22.6 Å². The molecule has 0 heterocycles. The molecule has 0 saturated heterocycles. The number of ether oxygens (including phenoxy) is 3. The number of amides is 1. The maximum Gasteiger partial charge on any atom is 0.408 e. The van der Waals surface area contributed by atoms with E-state index in [1.807, 2.05) is 30.3 Å². The number of alkyl carbamates (subject to hydrolysis) is 1. The van der Waals surface area contributed by atoms with Crippen LogP contribution in [0.25, 0.3) is 0 Å². The monoisotopic (exact) mass is 527 g/mol. The molecule has 2 rings (SSSR count). The summed E-state index contributed by atoms with van der Waals surface area (Å²) in [5, 5.41) is 11.9. The molecule has 0 spiro atoms. The van der Waals surface area contributed by atoms with Gasteiger partial charge in [0.05, 0.1) is 10.7 Å². The third-order valence-corrected chi connectivity index (χ3v) is 4.82. The molecule has 2 aromatic carbocycles. The van der Waals surface area contributed by atoms with Crippen molar-refractivity contribution < 1.29 is 28.9 Å². The summed E-state index contributed by atoms with van der Waals surface area (Å²) < 4.78 is 17.0. The van der Waals surface area contributed by atoms with Crippen LogP contribution in [0.2, 0.25) is 0 Å². The third kappa shape index (κ3) is 7.74. The second-order valence-corrected chi connectivity index (χ2v) is 8.80. The zero-order valence-corrected chi connectivity index (χ0v) is 19.6. The molecule has 0 bridgehead atoms. The van der Waals surface area contributed by atoms with Gasteiger partial charge in [-0.25, -0.2) is 9.59 Å². The number of halogens is 1. The lowest BCUT2D eigenvalue weighted by atomic mass is 10.1. The van der Waals surface area contributed by atoms with E-state index in [1.165, 1.54) is 0 Å². The lowest BCUT2D eigenvalue weighted by molar-refractivity contribution is -0.139. The molecule has 2 aromatic rings. The van der Waals surface area contributed by atoms with E-state index < -0.39 is 23.7 Å². The number of hydrogen-bond donors (Lipinski definition) is 2. The summed E-state index contributed by atoms with van der Waals surface area (Å²) in [6.07, 6.45) is -0.632. The Bertz CT molecular complexity index is 876. The van der Waals surface area contributed by atoms with Crippen molar-refractivity contribution in [1.29, 1.82) is 0 Å². The van der Waals surface area contributed by atoms with Crippen molar-refractivity contribution in [2.75, 3.05) is 7.11 Å². The number of carboxylic acid groups (broad SMARTS) is 1. The predicted molar refractivity (Wildman–Crippen MR) is 121 cm³/mol. The Balaban J connectivity index is 1.99. The highest BCUT2D eigenvalue weighted by molar-refractivity contribution is 14.1. The summed E-state index contributed by atoms with van der Waals surface area (Å²) in [5.41, 5.74) is 1.06. The molecule has 0 unspecified atom stereocenters. The Morgan fingerprint density at radius 1 is 1.10 bits per heavy atom. The van der Waals surface area contributed by atoms with Gasteiger partial charge in [-0.15, -0.1) is 0 Å². The van der Waals surface area contributed by atoms with Gasteiger partial charge in [0.2, 0.25) is 0 Å². The maximum atomic E-state index is 11.9. The highest BCUT2D eigenvalue weighted by Crippen LogP contribution is 2.24. The Hall–Kier alpha value is -2.49. The van der Waals surface area contributed by atoms with E-state index in [0.29, 0.717) is 12.4 Å². The van der Waals surface area contributed by atoms with E-state index in [1.54, 1.807) is 40.0 Å². The fourth-order valence-electron chi connectivity index (χ4n) is 2.56. The van der Waals surface area contributed by atoms with Gasteiger partial charge < -0.3 is 24.6 Å². The molecule has 0 aliphatic rings. The fraction of sp³-hybridized carbons (Fsp3) is 0.364. The highest BCUT2D eigenvalue weighted by atomic mass is 127. The number of hydrogen-bond acceptors (Lipinski definition) is 5. The standard InChI is InChI=1S/C22H26INO6/c1-22(2,3)30-21(27)24-18(20(25)26)12-15-7-10-19(17(23)11-15)29-13-14-5-8-16(28-4)9-6-14/h5-11,18H,12-13H2,1-4H3,(H,24,27)(H,25,26)/t18-/m0/s1. The summed E-state index contributed by atoms with van der Waals surface area (Å²) in [6.45, 7) is 5.55. The van der Waals surface area contributed by atoms with Crippen LogP contribution in [0.4, 0.5) is 4.79 Å². The number of methoxy groups -OCH3 is 1. The predicted octanol–water partition coefficient (Wildman–Crippen LogP) is 4.40. The van der Waals surface area contributed by atoms with Crippen LogP contribution in [-0.2, 0) is 22.6 Å². The van der Waals surface area contributed by atoms with Gasteiger partial charge in [-0.3, -0.25) is 0 Å². The van der Waals surface area contributed by atoms with Crippen LogP contribution in [0.5, 0.6) is 11.5 Å². The molecule has 0 aromatic heterocycles. The largest absolute Gasteiger partial charge is 0.497 e. The summed E-state index contributed by atoms with van der Waals surface area (Å²) >= 11 is 2.14. The Morgan fingerprint density at radius 3 is 2.27 bits per heavy atom. The molecule has 0 aliphatic heterocycles. The van der Waals surface area contributed by atoms with Gasteiger partial charge in [0.25, 0.3) is 0 Å². The average molecular weight is 527 g/mol. The number of carboxylic acids is 1. The molecule has 2 N–H and O–H groups in total. The van der Waals surface area contributed by atoms with Crippen LogP contribution in [-0.4, -0.2) is 35.9 Å². The second kappa shape index (κ2) is 10.5. The van der Waals surface area contributed by atoms with Crippen molar-refractivity contribution in [2.45, 2.75) is 45.4 Å². The highest BCUT2D eigenvalue weighted by Gasteiger charge is 2.24. The number of aliphatic carboxylic acids is 1. The maximum absolute atomic E-state index is 11.9. The van der Waals surface area contributed by atoms with Gasteiger partial charge in [-0.1, -0.05) is 18.2 Å². The summed E-state index contributed by atoms with van der Waals surface area (Å²) in [4.78, 5) is 23.5.